The molecular weight excluding hydrogens is 212 g/mol. The van der Waals surface area contributed by atoms with E-state index in [0.717, 1.165) is 43.6 Å². The highest BCUT2D eigenvalue weighted by Gasteiger charge is 2.40. The first-order valence-electron chi connectivity index (χ1n) is 5.33. The van der Waals surface area contributed by atoms with Crippen molar-refractivity contribution in [1.82, 2.24) is 0 Å². The fourth-order valence-electron chi connectivity index (χ4n) is 2.13. The second kappa shape index (κ2) is 3.13. The monoisotopic (exact) mass is 224 g/mol. The fourth-order valence-corrected chi connectivity index (χ4v) is 2.44. The Morgan fingerprint density at radius 2 is 2.20 bits per heavy atom. The van der Waals surface area contributed by atoms with Crippen LogP contribution in [-0.2, 0) is 12.8 Å². The summed E-state index contributed by atoms with van der Waals surface area (Å²) in [5.41, 5.74) is 1.86. The second-order valence-corrected chi connectivity index (χ2v) is 4.97. The Labute approximate surface area is 93.8 Å². The van der Waals surface area contributed by atoms with Crippen molar-refractivity contribution in [2.24, 2.45) is 0 Å². The van der Waals surface area contributed by atoms with Crippen molar-refractivity contribution in [1.29, 1.82) is 0 Å². The largest absolute Gasteiger partial charge is 0.491 e. The summed E-state index contributed by atoms with van der Waals surface area (Å²) < 4.78 is 5.44. The van der Waals surface area contributed by atoms with E-state index >= 15 is 0 Å². The molecule has 1 aliphatic carbocycles. The quantitative estimate of drug-likeness (QED) is 0.836. The van der Waals surface area contributed by atoms with E-state index in [1.165, 1.54) is 5.56 Å². The van der Waals surface area contributed by atoms with E-state index in [-0.39, 0.29) is 0 Å². The molecule has 3 heteroatoms. The van der Waals surface area contributed by atoms with Gasteiger partial charge in [0.05, 0.1) is 17.2 Å². The molecule has 1 fully saturated rings. The maximum Gasteiger partial charge on any atom is 0.141 e. The summed E-state index contributed by atoms with van der Waals surface area (Å²) in [6, 6.07) is 4.03. The number of hydrogen-bond donors (Lipinski definition) is 1. The minimum Gasteiger partial charge on any atom is -0.491 e. The minimum atomic E-state index is -0.447. The van der Waals surface area contributed by atoms with Crippen LogP contribution in [0.3, 0.4) is 0 Å². The molecule has 0 amide bonds. The van der Waals surface area contributed by atoms with Crippen molar-refractivity contribution in [2.75, 3.05) is 6.61 Å². The van der Waals surface area contributed by atoms with Gasteiger partial charge >= 0.3 is 0 Å². The number of rotatable bonds is 2. The van der Waals surface area contributed by atoms with E-state index in [1.807, 2.05) is 6.07 Å². The molecule has 2 nitrogen and oxygen atoms in total. The van der Waals surface area contributed by atoms with Gasteiger partial charge in [-0.15, -0.1) is 0 Å². The molecule has 1 aromatic rings. The van der Waals surface area contributed by atoms with Gasteiger partial charge in [-0.1, -0.05) is 17.7 Å². The molecule has 1 saturated carbocycles. The van der Waals surface area contributed by atoms with E-state index in [0.29, 0.717) is 5.02 Å². The highest BCUT2D eigenvalue weighted by Crippen LogP contribution is 2.41. The molecule has 2 aliphatic rings. The molecule has 15 heavy (non-hydrogen) atoms. The molecule has 0 radical (unpaired) electrons. The first-order chi connectivity index (χ1) is 7.16. The summed E-state index contributed by atoms with van der Waals surface area (Å²) in [6.07, 6.45) is 3.48. The standard InChI is InChI=1S/C12H13ClO2/c13-10-6-8(7-12(14)2-3-12)5-9-1-4-15-11(9)10/h5-6,14H,1-4,7H2. The van der Waals surface area contributed by atoms with Crippen LogP contribution >= 0.6 is 11.6 Å². The Hall–Kier alpha value is -0.730. The molecule has 1 aromatic carbocycles. The van der Waals surface area contributed by atoms with Crippen LogP contribution in [0.5, 0.6) is 5.75 Å². The van der Waals surface area contributed by atoms with Crippen LogP contribution in [0.25, 0.3) is 0 Å². The third kappa shape index (κ3) is 1.72. The van der Waals surface area contributed by atoms with Gasteiger partial charge in [0, 0.05) is 12.8 Å². The molecule has 0 bridgehead atoms. The lowest BCUT2D eigenvalue weighted by Crippen LogP contribution is -2.10. The van der Waals surface area contributed by atoms with Crippen molar-refractivity contribution in [3.8, 4) is 5.75 Å². The first kappa shape index (κ1) is 9.49. The van der Waals surface area contributed by atoms with E-state index in [9.17, 15) is 5.11 Å². The lowest BCUT2D eigenvalue weighted by molar-refractivity contribution is 0.151. The highest BCUT2D eigenvalue weighted by molar-refractivity contribution is 6.32. The summed E-state index contributed by atoms with van der Waals surface area (Å²) in [5, 5.41) is 10.5. The van der Waals surface area contributed by atoms with Crippen LogP contribution in [0.15, 0.2) is 12.1 Å². The smallest absolute Gasteiger partial charge is 0.141 e. The van der Waals surface area contributed by atoms with Crippen LogP contribution in [-0.4, -0.2) is 17.3 Å². The number of aliphatic hydroxyl groups is 1. The van der Waals surface area contributed by atoms with Gasteiger partial charge in [-0.2, -0.15) is 0 Å². The molecule has 0 aromatic heterocycles. The average molecular weight is 225 g/mol. The van der Waals surface area contributed by atoms with Gasteiger partial charge in [-0.3, -0.25) is 0 Å². The van der Waals surface area contributed by atoms with Gasteiger partial charge < -0.3 is 9.84 Å². The van der Waals surface area contributed by atoms with Crippen molar-refractivity contribution in [2.45, 2.75) is 31.3 Å². The summed E-state index contributed by atoms with van der Waals surface area (Å²) in [6.45, 7) is 0.725. The van der Waals surface area contributed by atoms with Gasteiger partial charge in [0.25, 0.3) is 0 Å². The summed E-state index contributed by atoms with van der Waals surface area (Å²) in [5.74, 6) is 0.836. The minimum absolute atomic E-state index is 0.447. The molecule has 0 spiro atoms. The highest BCUT2D eigenvalue weighted by atomic mass is 35.5. The van der Waals surface area contributed by atoms with E-state index < -0.39 is 5.60 Å². The fraction of sp³-hybridized carbons (Fsp3) is 0.500. The Bertz CT molecular complexity index is 410. The summed E-state index contributed by atoms with van der Waals surface area (Å²) in [7, 11) is 0. The number of ether oxygens (including phenoxy) is 1. The van der Waals surface area contributed by atoms with Crippen LogP contribution in [0.2, 0.25) is 5.02 Å². The van der Waals surface area contributed by atoms with Crippen LogP contribution in [0.1, 0.15) is 24.0 Å². The molecule has 1 N–H and O–H groups in total. The summed E-state index contributed by atoms with van der Waals surface area (Å²) >= 11 is 6.12. The number of benzene rings is 1. The Balaban J connectivity index is 1.93. The number of hydrogen-bond acceptors (Lipinski definition) is 2. The molecule has 1 heterocycles. The van der Waals surface area contributed by atoms with Crippen LogP contribution in [0.4, 0.5) is 0 Å². The molecular formula is C12H13ClO2. The predicted molar refractivity (Wildman–Crippen MR) is 58.5 cm³/mol. The Kier molecular flexibility index (Phi) is 1.98. The predicted octanol–water partition coefficient (Wildman–Crippen LogP) is 2.34. The Morgan fingerprint density at radius 3 is 2.93 bits per heavy atom. The van der Waals surface area contributed by atoms with Gasteiger partial charge in [-0.25, -0.2) is 0 Å². The molecule has 3 rings (SSSR count). The topological polar surface area (TPSA) is 29.5 Å². The zero-order valence-electron chi connectivity index (χ0n) is 8.42. The average Bonchev–Trinajstić information content (AvgIpc) is 2.73. The van der Waals surface area contributed by atoms with Gasteiger partial charge in [0.1, 0.15) is 5.75 Å². The lowest BCUT2D eigenvalue weighted by Gasteiger charge is -2.10. The van der Waals surface area contributed by atoms with E-state index in [1.54, 1.807) is 0 Å². The lowest BCUT2D eigenvalue weighted by atomic mass is 10.0. The third-order valence-corrected chi connectivity index (χ3v) is 3.44. The molecule has 0 atom stereocenters. The summed E-state index contributed by atoms with van der Waals surface area (Å²) in [4.78, 5) is 0. The normalized spacial score (nSPS) is 20.9. The van der Waals surface area contributed by atoms with Crippen molar-refractivity contribution in [3.05, 3.63) is 28.3 Å². The molecule has 0 unspecified atom stereocenters. The van der Waals surface area contributed by atoms with Crippen molar-refractivity contribution in [3.63, 3.8) is 0 Å². The van der Waals surface area contributed by atoms with Crippen molar-refractivity contribution < 1.29 is 9.84 Å². The molecule has 80 valence electrons. The van der Waals surface area contributed by atoms with E-state index in [4.69, 9.17) is 16.3 Å². The van der Waals surface area contributed by atoms with Crippen LogP contribution < -0.4 is 4.74 Å². The zero-order chi connectivity index (χ0) is 10.5. The van der Waals surface area contributed by atoms with E-state index in [2.05, 4.69) is 6.07 Å². The molecule has 0 saturated heterocycles. The zero-order valence-corrected chi connectivity index (χ0v) is 9.18. The van der Waals surface area contributed by atoms with Gasteiger partial charge in [0.15, 0.2) is 0 Å². The SMILES string of the molecule is OC1(Cc2cc(Cl)c3c(c2)CCO3)CC1. The maximum atomic E-state index is 9.85. The third-order valence-electron chi connectivity index (χ3n) is 3.16. The number of halogens is 1. The van der Waals surface area contributed by atoms with Gasteiger partial charge in [-0.05, 0) is 30.0 Å². The number of fused-ring (bicyclic) bond motifs is 1. The molecule has 1 aliphatic heterocycles. The Morgan fingerprint density at radius 1 is 1.40 bits per heavy atom. The second-order valence-electron chi connectivity index (χ2n) is 4.57. The maximum absolute atomic E-state index is 9.85. The van der Waals surface area contributed by atoms with Gasteiger partial charge in [0.2, 0.25) is 0 Å². The van der Waals surface area contributed by atoms with Crippen LogP contribution in [0, 0.1) is 0 Å². The van der Waals surface area contributed by atoms with Crippen molar-refractivity contribution >= 4 is 11.6 Å². The first-order valence-corrected chi connectivity index (χ1v) is 5.71.